The number of fused-ring (bicyclic) bond motifs is 1. The second kappa shape index (κ2) is 11.3. The predicted molar refractivity (Wildman–Crippen MR) is 132 cm³/mol. The van der Waals surface area contributed by atoms with E-state index in [2.05, 4.69) is 10.2 Å². The van der Waals surface area contributed by atoms with E-state index in [4.69, 9.17) is 0 Å². The van der Waals surface area contributed by atoms with E-state index in [-0.39, 0.29) is 18.4 Å². The van der Waals surface area contributed by atoms with Crippen molar-refractivity contribution in [3.63, 3.8) is 0 Å². The summed E-state index contributed by atoms with van der Waals surface area (Å²) in [5, 5.41) is 2.93. The van der Waals surface area contributed by atoms with Crippen molar-refractivity contribution in [2.45, 2.75) is 36.8 Å². The summed E-state index contributed by atoms with van der Waals surface area (Å²) in [5.74, 6) is -0.597. The van der Waals surface area contributed by atoms with Gasteiger partial charge in [-0.2, -0.15) is 13.2 Å². The molecule has 0 unspecified atom stereocenters. The summed E-state index contributed by atoms with van der Waals surface area (Å²) >= 11 is 1.25. The van der Waals surface area contributed by atoms with Gasteiger partial charge in [-0.25, -0.2) is 0 Å². The van der Waals surface area contributed by atoms with Gasteiger partial charge in [0.15, 0.2) is 0 Å². The van der Waals surface area contributed by atoms with Crippen LogP contribution in [0.1, 0.15) is 36.8 Å². The SMILES string of the molecule is O=C(CN1C(=O)C(=Cc2ccc(C(F)(F)F)cc2)Sc2ccccc21)NCCN1CCCCCC1. The highest BCUT2D eigenvalue weighted by Crippen LogP contribution is 2.42. The molecule has 2 aliphatic heterocycles. The third kappa shape index (κ3) is 6.67. The fourth-order valence-electron chi connectivity index (χ4n) is 4.25. The van der Waals surface area contributed by atoms with Crippen molar-refractivity contribution in [1.82, 2.24) is 10.2 Å². The van der Waals surface area contributed by atoms with E-state index in [1.54, 1.807) is 12.1 Å². The number of para-hydroxylation sites is 1. The van der Waals surface area contributed by atoms with Crippen LogP contribution in [0.2, 0.25) is 0 Å². The number of nitrogens with zero attached hydrogens (tertiary/aromatic N) is 2. The number of halogens is 3. The topological polar surface area (TPSA) is 52.7 Å². The number of alkyl halides is 3. The number of likely N-dealkylation sites (tertiary alicyclic amines) is 1. The molecule has 0 bridgehead atoms. The predicted octanol–water partition coefficient (Wildman–Crippen LogP) is 5.18. The second-order valence-electron chi connectivity index (χ2n) is 8.70. The minimum atomic E-state index is -4.42. The van der Waals surface area contributed by atoms with E-state index < -0.39 is 11.7 Å². The number of nitrogens with one attached hydrogen (secondary N) is 1. The Kier molecular flexibility index (Phi) is 8.18. The molecular weight excluding hydrogens is 475 g/mol. The summed E-state index contributed by atoms with van der Waals surface area (Å²) in [5.41, 5.74) is 0.385. The van der Waals surface area contributed by atoms with Gasteiger partial charge in [0.05, 0.1) is 16.2 Å². The maximum absolute atomic E-state index is 13.3. The molecule has 2 amide bonds. The summed E-state index contributed by atoms with van der Waals surface area (Å²) < 4.78 is 38.6. The van der Waals surface area contributed by atoms with E-state index in [9.17, 15) is 22.8 Å². The average Bonchev–Trinajstić information content (AvgIpc) is 3.10. The molecule has 0 atom stereocenters. The molecule has 186 valence electrons. The molecule has 0 aromatic heterocycles. The summed E-state index contributed by atoms with van der Waals surface area (Å²) in [6.45, 7) is 3.27. The molecule has 0 aliphatic carbocycles. The van der Waals surface area contributed by atoms with Crippen LogP contribution in [0.25, 0.3) is 6.08 Å². The fraction of sp³-hybridized carbons (Fsp3) is 0.385. The van der Waals surface area contributed by atoms with Gasteiger partial charge < -0.3 is 10.2 Å². The van der Waals surface area contributed by atoms with Gasteiger partial charge in [0.2, 0.25) is 5.91 Å². The number of carbonyl (C=O) groups is 2. The summed E-state index contributed by atoms with van der Waals surface area (Å²) in [6.07, 6.45) is 2.00. The van der Waals surface area contributed by atoms with Crippen LogP contribution in [-0.4, -0.2) is 49.4 Å². The fourth-order valence-corrected chi connectivity index (χ4v) is 5.31. The highest BCUT2D eigenvalue weighted by molar-refractivity contribution is 8.04. The van der Waals surface area contributed by atoms with Crippen LogP contribution in [-0.2, 0) is 15.8 Å². The lowest BCUT2D eigenvalue weighted by atomic mass is 10.1. The Labute approximate surface area is 207 Å². The van der Waals surface area contributed by atoms with Gasteiger partial charge in [0.25, 0.3) is 5.91 Å². The molecule has 0 spiro atoms. The molecule has 2 aromatic carbocycles. The third-order valence-electron chi connectivity index (χ3n) is 6.12. The molecule has 2 heterocycles. The van der Waals surface area contributed by atoms with Gasteiger partial charge >= 0.3 is 6.18 Å². The van der Waals surface area contributed by atoms with Gasteiger partial charge in [0.1, 0.15) is 6.54 Å². The first kappa shape index (κ1) is 25.3. The molecule has 1 saturated heterocycles. The Balaban J connectivity index is 1.45. The van der Waals surface area contributed by atoms with Crippen LogP contribution < -0.4 is 10.2 Å². The lowest BCUT2D eigenvalue weighted by molar-refractivity contribution is -0.137. The Morgan fingerprint density at radius 3 is 2.37 bits per heavy atom. The number of benzene rings is 2. The molecule has 35 heavy (non-hydrogen) atoms. The maximum atomic E-state index is 13.3. The number of hydrogen-bond acceptors (Lipinski definition) is 4. The van der Waals surface area contributed by atoms with Crippen molar-refractivity contribution in [3.8, 4) is 0 Å². The molecule has 1 fully saturated rings. The van der Waals surface area contributed by atoms with Crippen LogP contribution in [0.3, 0.4) is 0 Å². The van der Waals surface area contributed by atoms with E-state index in [1.165, 1.54) is 54.5 Å². The van der Waals surface area contributed by atoms with Gasteiger partial charge in [-0.05, 0) is 61.8 Å². The quantitative estimate of drug-likeness (QED) is 0.552. The molecule has 5 nitrogen and oxygen atoms in total. The van der Waals surface area contributed by atoms with Gasteiger partial charge in [0, 0.05) is 18.0 Å². The summed E-state index contributed by atoms with van der Waals surface area (Å²) in [4.78, 5) is 30.9. The second-order valence-corrected chi connectivity index (χ2v) is 9.78. The number of hydrogen-bond donors (Lipinski definition) is 1. The smallest absolute Gasteiger partial charge is 0.353 e. The zero-order valence-electron chi connectivity index (χ0n) is 19.3. The van der Waals surface area contributed by atoms with Crippen molar-refractivity contribution in [1.29, 1.82) is 0 Å². The zero-order valence-corrected chi connectivity index (χ0v) is 20.1. The first-order valence-electron chi connectivity index (χ1n) is 11.8. The molecule has 0 saturated carbocycles. The lowest BCUT2D eigenvalue weighted by Crippen LogP contribution is -2.44. The van der Waals surface area contributed by atoms with Crippen molar-refractivity contribution < 1.29 is 22.8 Å². The first-order valence-corrected chi connectivity index (χ1v) is 12.6. The Hall–Kier alpha value is -2.78. The van der Waals surface area contributed by atoms with Crippen molar-refractivity contribution in [2.75, 3.05) is 37.6 Å². The number of rotatable bonds is 6. The summed E-state index contributed by atoms with van der Waals surface area (Å²) in [7, 11) is 0. The van der Waals surface area contributed by atoms with Crippen LogP contribution in [0.15, 0.2) is 58.3 Å². The lowest BCUT2D eigenvalue weighted by Gasteiger charge is -2.30. The van der Waals surface area contributed by atoms with E-state index in [0.29, 0.717) is 22.7 Å². The first-order chi connectivity index (χ1) is 16.8. The van der Waals surface area contributed by atoms with Crippen LogP contribution in [0.5, 0.6) is 0 Å². The molecule has 2 aliphatic rings. The molecule has 2 aromatic rings. The number of thioether (sulfide) groups is 1. The van der Waals surface area contributed by atoms with Crippen molar-refractivity contribution >= 4 is 35.3 Å². The minimum absolute atomic E-state index is 0.124. The molecule has 4 rings (SSSR count). The highest BCUT2D eigenvalue weighted by Gasteiger charge is 2.31. The Morgan fingerprint density at radius 1 is 1.00 bits per heavy atom. The normalized spacial score (nSPS) is 18.3. The number of amides is 2. The van der Waals surface area contributed by atoms with Gasteiger partial charge in [-0.15, -0.1) is 0 Å². The molecule has 9 heteroatoms. The average molecular weight is 504 g/mol. The summed E-state index contributed by atoms with van der Waals surface area (Å²) in [6, 6.07) is 12.0. The standard InChI is InChI=1S/C26H28F3N3O2S/c27-26(28,29)20-11-9-19(10-12-20)17-23-25(34)32(21-7-3-4-8-22(21)35-23)18-24(33)30-13-16-31-14-5-1-2-6-15-31/h3-4,7-12,17H,1-2,5-6,13-16,18H2,(H,30,33). The largest absolute Gasteiger partial charge is 0.416 e. The number of anilines is 1. The monoisotopic (exact) mass is 503 g/mol. The van der Waals surface area contributed by atoms with E-state index in [1.807, 2.05) is 18.2 Å². The highest BCUT2D eigenvalue weighted by atomic mass is 32.2. The van der Waals surface area contributed by atoms with E-state index in [0.717, 1.165) is 36.7 Å². The third-order valence-corrected chi connectivity index (χ3v) is 7.20. The van der Waals surface area contributed by atoms with Crippen LogP contribution >= 0.6 is 11.8 Å². The van der Waals surface area contributed by atoms with Crippen LogP contribution in [0, 0.1) is 0 Å². The molecular formula is C26H28F3N3O2S. The zero-order chi connectivity index (χ0) is 24.8. The van der Waals surface area contributed by atoms with Crippen LogP contribution in [0.4, 0.5) is 18.9 Å². The van der Waals surface area contributed by atoms with Gasteiger partial charge in [-0.1, -0.05) is 48.9 Å². The Morgan fingerprint density at radius 2 is 1.69 bits per heavy atom. The number of carbonyl (C=O) groups excluding carboxylic acids is 2. The molecule has 1 N–H and O–H groups in total. The van der Waals surface area contributed by atoms with Crippen molar-refractivity contribution in [2.24, 2.45) is 0 Å². The maximum Gasteiger partial charge on any atom is 0.416 e. The van der Waals surface area contributed by atoms with E-state index >= 15 is 0 Å². The van der Waals surface area contributed by atoms with Gasteiger partial charge in [-0.3, -0.25) is 14.5 Å². The van der Waals surface area contributed by atoms with Crippen molar-refractivity contribution in [3.05, 3.63) is 64.6 Å². The molecule has 0 radical (unpaired) electrons. The Bertz CT molecular complexity index is 1080. The minimum Gasteiger partial charge on any atom is -0.353 e.